The molecule has 1 aromatic carbocycles. The fourth-order valence-corrected chi connectivity index (χ4v) is 2.19. The van der Waals surface area contributed by atoms with Gasteiger partial charge in [0.25, 0.3) is 0 Å². The number of ether oxygens (including phenoxy) is 1. The van der Waals surface area contributed by atoms with Gasteiger partial charge >= 0.3 is 0 Å². The SMILES string of the molecule is COCCONC1CCc2cc(Cl)ccc21. The highest BCUT2D eigenvalue weighted by atomic mass is 35.5. The molecule has 3 nitrogen and oxygen atoms in total. The third-order valence-corrected chi connectivity index (χ3v) is 3.03. The summed E-state index contributed by atoms with van der Waals surface area (Å²) in [6.45, 7) is 1.17. The van der Waals surface area contributed by atoms with Crippen LogP contribution in [0.5, 0.6) is 0 Å². The summed E-state index contributed by atoms with van der Waals surface area (Å²) in [6, 6.07) is 6.31. The lowest BCUT2D eigenvalue weighted by Crippen LogP contribution is -2.21. The van der Waals surface area contributed by atoms with Crippen LogP contribution in [0.3, 0.4) is 0 Å². The molecule has 0 radical (unpaired) electrons. The van der Waals surface area contributed by atoms with Crippen LogP contribution < -0.4 is 5.48 Å². The van der Waals surface area contributed by atoms with Crippen molar-refractivity contribution in [1.82, 2.24) is 5.48 Å². The third kappa shape index (κ3) is 2.74. The van der Waals surface area contributed by atoms with Gasteiger partial charge in [-0.2, -0.15) is 5.48 Å². The van der Waals surface area contributed by atoms with Crippen molar-refractivity contribution < 1.29 is 9.57 Å². The van der Waals surface area contributed by atoms with Crippen LogP contribution in [0.25, 0.3) is 0 Å². The van der Waals surface area contributed by atoms with Crippen molar-refractivity contribution in [2.24, 2.45) is 0 Å². The summed E-state index contributed by atoms with van der Waals surface area (Å²) >= 11 is 5.95. The van der Waals surface area contributed by atoms with Crippen molar-refractivity contribution >= 4 is 11.6 Å². The maximum absolute atomic E-state index is 5.95. The van der Waals surface area contributed by atoms with E-state index in [2.05, 4.69) is 11.5 Å². The molecular formula is C12H16ClNO2. The molecule has 1 aromatic rings. The predicted octanol–water partition coefficient (Wildman–Crippen LogP) is 2.49. The molecule has 0 aromatic heterocycles. The van der Waals surface area contributed by atoms with Crippen molar-refractivity contribution in [2.45, 2.75) is 18.9 Å². The van der Waals surface area contributed by atoms with E-state index in [1.54, 1.807) is 7.11 Å². The van der Waals surface area contributed by atoms with Crippen LogP contribution >= 0.6 is 11.6 Å². The minimum Gasteiger partial charge on any atom is -0.382 e. The van der Waals surface area contributed by atoms with Gasteiger partial charge < -0.3 is 4.74 Å². The smallest absolute Gasteiger partial charge is 0.0916 e. The Hall–Kier alpha value is -0.610. The topological polar surface area (TPSA) is 30.5 Å². The van der Waals surface area contributed by atoms with Gasteiger partial charge in [0.1, 0.15) is 0 Å². The molecule has 0 fully saturated rings. The van der Waals surface area contributed by atoms with Gasteiger partial charge in [-0.25, -0.2) is 0 Å². The van der Waals surface area contributed by atoms with Gasteiger partial charge in [-0.15, -0.1) is 0 Å². The summed E-state index contributed by atoms with van der Waals surface area (Å²) in [4.78, 5) is 5.34. The van der Waals surface area contributed by atoms with Gasteiger partial charge in [-0.3, -0.25) is 4.84 Å². The highest BCUT2D eigenvalue weighted by Crippen LogP contribution is 2.32. The minimum absolute atomic E-state index is 0.282. The Kier molecular flexibility index (Phi) is 4.18. The summed E-state index contributed by atoms with van der Waals surface area (Å²) in [5.74, 6) is 0. The highest BCUT2D eigenvalue weighted by Gasteiger charge is 2.22. The van der Waals surface area contributed by atoms with Crippen LogP contribution in [0.2, 0.25) is 5.02 Å². The number of nitrogens with one attached hydrogen (secondary N) is 1. The first kappa shape index (κ1) is 11.9. The maximum Gasteiger partial charge on any atom is 0.0916 e. The Morgan fingerprint density at radius 3 is 3.12 bits per heavy atom. The first-order chi connectivity index (χ1) is 7.81. The maximum atomic E-state index is 5.95. The van der Waals surface area contributed by atoms with Crippen molar-refractivity contribution in [1.29, 1.82) is 0 Å². The second kappa shape index (κ2) is 5.64. The number of aryl methyl sites for hydroxylation is 1. The lowest BCUT2D eigenvalue weighted by Gasteiger charge is -2.13. The first-order valence-corrected chi connectivity index (χ1v) is 5.83. The minimum atomic E-state index is 0.282. The Balaban J connectivity index is 1.91. The number of methoxy groups -OCH3 is 1. The van der Waals surface area contributed by atoms with E-state index in [1.807, 2.05) is 12.1 Å². The van der Waals surface area contributed by atoms with E-state index < -0.39 is 0 Å². The van der Waals surface area contributed by atoms with Crippen molar-refractivity contribution in [2.75, 3.05) is 20.3 Å². The summed E-state index contributed by atoms with van der Waals surface area (Å²) < 4.78 is 4.91. The van der Waals surface area contributed by atoms with Crippen molar-refractivity contribution in [3.05, 3.63) is 34.3 Å². The van der Waals surface area contributed by atoms with Crippen LogP contribution in [-0.2, 0) is 16.0 Å². The lowest BCUT2D eigenvalue weighted by atomic mass is 10.1. The van der Waals surface area contributed by atoms with Gasteiger partial charge in [0.05, 0.1) is 19.3 Å². The molecule has 0 heterocycles. The molecule has 0 bridgehead atoms. The monoisotopic (exact) mass is 241 g/mol. The van der Waals surface area contributed by atoms with Crippen molar-refractivity contribution in [3.8, 4) is 0 Å². The number of hydroxylamine groups is 1. The Bertz CT molecular complexity index is 357. The van der Waals surface area contributed by atoms with E-state index in [4.69, 9.17) is 21.2 Å². The quantitative estimate of drug-likeness (QED) is 0.635. The Morgan fingerprint density at radius 2 is 2.31 bits per heavy atom. The molecular weight excluding hydrogens is 226 g/mol. The molecule has 88 valence electrons. The van der Waals surface area contributed by atoms with Gasteiger partial charge in [0.2, 0.25) is 0 Å². The summed E-state index contributed by atoms with van der Waals surface area (Å²) in [5.41, 5.74) is 5.68. The van der Waals surface area contributed by atoms with Crippen molar-refractivity contribution in [3.63, 3.8) is 0 Å². The largest absolute Gasteiger partial charge is 0.382 e. The van der Waals surface area contributed by atoms with Crippen LogP contribution in [-0.4, -0.2) is 20.3 Å². The zero-order valence-corrected chi connectivity index (χ0v) is 10.1. The van der Waals surface area contributed by atoms with E-state index in [0.717, 1.165) is 17.9 Å². The third-order valence-electron chi connectivity index (χ3n) is 2.80. The average molecular weight is 242 g/mol. The second-order valence-corrected chi connectivity index (χ2v) is 4.33. The fourth-order valence-electron chi connectivity index (χ4n) is 1.99. The molecule has 1 atom stereocenters. The zero-order valence-electron chi connectivity index (χ0n) is 9.33. The molecule has 2 rings (SSSR count). The lowest BCUT2D eigenvalue weighted by molar-refractivity contribution is -0.0121. The van der Waals surface area contributed by atoms with Crippen LogP contribution in [0.4, 0.5) is 0 Å². The van der Waals surface area contributed by atoms with E-state index in [1.165, 1.54) is 11.1 Å². The molecule has 0 aliphatic heterocycles. The molecule has 16 heavy (non-hydrogen) atoms. The first-order valence-electron chi connectivity index (χ1n) is 5.46. The predicted molar refractivity (Wildman–Crippen MR) is 63.5 cm³/mol. The zero-order chi connectivity index (χ0) is 11.4. The Morgan fingerprint density at radius 1 is 1.44 bits per heavy atom. The number of fused-ring (bicyclic) bond motifs is 1. The van der Waals surface area contributed by atoms with Gasteiger partial charge in [0, 0.05) is 12.1 Å². The molecule has 0 saturated carbocycles. The summed E-state index contributed by atoms with van der Waals surface area (Å²) in [5, 5.41) is 0.805. The molecule has 0 saturated heterocycles. The normalized spacial score (nSPS) is 18.8. The number of rotatable bonds is 5. The summed E-state index contributed by atoms with van der Waals surface area (Å²) in [7, 11) is 1.66. The van der Waals surface area contributed by atoms with Crippen LogP contribution in [0.15, 0.2) is 18.2 Å². The van der Waals surface area contributed by atoms with E-state index in [0.29, 0.717) is 13.2 Å². The van der Waals surface area contributed by atoms with E-state index in [9.17, 15) is 0 Å². The number of hydrogen-bond donors (Lipinski definition) is 1. The molecule has 1 unspecified atom stereocenters. The summed E-state index contributed by atoms with van der Waals surface area (Å²) in [6.07, 6.45) is 2.11. The Labute approximate surface area is 101 Å². The molecule has 1 aliphatic carbocycles. The standard InChI is InChI=1S/C12H16ClNO2/c1-15-6-7-16-14-12-5-2-9-8-10(13)3-4-11(9)12/h3-4,8,12,14H,2,5-7H2,1H3. The molecule has 1 N–H and O–H groups in total. The van der Waals surface area contributed by atoms with Crippen LogP contribution in [0.1, 0.15) is 23.6 Å². The van der Waals surface area contributed by atoms with Crippen LogP contribution in [0, 0.1) is 0 Å². The molecule has 1 aliphatic rings. The number of hydrogen-bond acceptors (Lipinski definition) is 3. The van der Waals surface area contributed by atoms with E-state index in [-0.39, 0.29) is 6.04 Å². The van der Waals surface area contributed by atoms with E-state index >= 15 is 0 Å². The highest BCUT2D eigenvalue weighted by molar-refractivity contribution is 6.30. The number of benzene rings is 1. The average Bonchev–Trinajstić information content (AvgIpc) is 2.67. The molecule has 4 heteroatoms. The van der Waals surface area contributed by atoms with Gasteiger partial charge in [-0.05, 0) is 36.1 Å². The number of halogens is 1. The molecule has 0 spiro atoms. The molecule has 0 amide bonds. The van der Waals surface area contributed by atoms with Gasteiger partial charge in [-0.1, -0.05) is 17.7 Å². The fraction of sp³-hybridized carbons (Fsp3) is 0.500. The van der Waals surface area contributed by atoms with Gasteiger partial charge in [0.15, 0.2) is 0 Å². The second-order valence-electron chi connectivity index (χ2n) is 3.89.